The van der Waals surface area contributed by atoms with E-state index in [4.69, 9.17) is 4.74 Å². The summed E-state index contributed by atoms with van der Waals surface area (Å²) in [6.07, 6.45) is 1.93. The van der Waals surface area contributed by atoms with Crippen LogP contribution < -0.4 is 15.4 Å². The lowest BCUT2D eigenvalue weighted by molar-refractivity contribution is 0.101. The van der Waals surface area contributed by atoms with Crippen molar-refractivity contribution in [2.45, 2.75) is 77.6 Å². The van der Waals surface area contributed by atoms with Gasteiger partial charge in [0.05, 0.1) is 0 Å². The standard InChI is InChI=1S/C44H48N2O3/c1-42(2,3)33-17-13-31(14-18-33)40(47)45-36-23-21-35(22-24-36)44(6,7)30-29-43(4,5)34-19-15-32(16-20-34)41(48)46-37-25-27-39(28-26-37)49-38-11-9-8-10-12-38/h8-28H,29-30H2,1-7H3,(H,45,47)(H,46,48). The van der Waals surface area contributed by atoms with E-state index in [1.807, 2.05) is 103 Å². The van der Waals surface area contributed by atoms with E-state index in [1.54, 1.807) is 0 Å². The van der Waals surface area contributed by atoms with Gasteiger partial charge in [-0.3, -0.25) is 9.59 Å². The van der Waals surface area contributed by atoms with E-state index in [-0.39, 0.29) is 28.1 Å². The number of benzene rings is 5. The first-order valence-electron chi connectivity index (χ1n) is 17.0. The molecule has 0 saturated carbocycles. The fourth-order valence-corrected chi connectivity index (χ4v) is 5.75. The molecule has 0 aromatic heterocycles. The van der Waals surface area contributed by atoms with E-state index in [1.165, 1.54) is 16.7 Å². The third-order valence-electron chi connectivity index (χ3n) is 9.33. The molecule has 0 aliphatic heterocycles. The number of hydrogen-bond donors (Lipinski definition) is 2. The first-order chi connectivity index (χ1) is 23.2. The number of anilines is 2. The summed E-state index contributed by atoms with van der Waals surface area (Å²) in [6.45, 7) is 15.5. The highest BCUT2D eigenvalue weighted by molar-refractivity contribution is 6.05. The summed E-state index contributed by atoms with van der Waals surface area (Å²) in [5.74, 6) is 1.21. The van der Waals surface area contributed by atoms with Crippen molar-refractivity contribution in [3.8, 4) is 11.5 Å². The third kappa shape index (κ3) is 9.26. The summed E-state index contributed by atoms with van der Waals surface area (Å²) in [5.41, 5.74) is 6.25. The van der Waals surface area contributed by atoms with Gasteiger partial charge in [0, 0.05) is 22.5 Å². The molecule has 0 radical (unpaired) electrons. The third-order valence-corrected chi connectivity index (χ3v) is 9.33. The fraction of sp³-hybridized carbons (Fsp3) is 0.273. The van der Waals surface area contributed by atoms with Gasteiger partial charge >= 0.3 is 0 Å². The molecule has 5 aromatic rings. The smallest absolute Gasteiger partial charge is 0.255 e. The number of carbonyl (C=O) groups excluding carboxylic acids is 2. The van der Waals surface area contributed by atoms with E-state index in [9.17, 15) is 9.59 Å². The zero-order valence-corrected chi connectivity index (χ0v) is 29.8. The minimum absolute atomic E-state index is 0.0459. The number of ether oxygens (including phenoxy) is 1. The Hall–Kier alpha value is -5.16. The van der Waals surface area contributed by atoms with Crippen molar-refractivity contribution >= 4 is 23.2 Å². The molecule has 0 atom stereocenters. The Morgan fingerprint density at radius 2 is 0.837 bits per heavy atom. The Bertz CT molecular complexity index is 1850. The highest BCUT2D eigenvalue weighted by Gasteiger charge is 2.27. The largest absolute Gasteiger partial charge is 0.457 e. The van der Waals surface area contributed by atoms with Crippen LogP contribution in [-0.4, -0.2) is 11.8 Å². The molecular formula is C44H48N2O3. The average molecular weight is 653 g/mol. The molecule has 0 bridgehead atoms. The predicted molar refractivity (Wildman–Crippen MR) is 202 cm³/mol. The van der Waals surface area contributed by atoms with E-state index >= 15 is 0 Å². The number of para-hydroxylation sites is 1. The van der Waals surface area contributed by atoms with Gasteiger partial charge < -0.3 is 15.4 Å². The highest BCUT2D eigenvalue weighted by Crippen LogP contribution is 2.36. The zero-order chi connectivity index (χ0) is 35.2. The Kier molecular flexibility index (Phi) is 10.4. The van der Waals surface area contributed by atoms with Gasteiger partial charge in [-0.25, -0.2) is 0 Å². The number of rotatable bonds is 11. The number of nitrogens with one attached hydrogen (secondary N) is 2. The summed E-state index contributed by atoms with van der Waals surface area (Å²) >= 11 is 0. The van der Waals surface area contributed by atoms with Gasteiger partial charge in [0.2, 0.25) is 0 Å². The molecule has 0 spiro atoms. The van der Waals surface area contributed by atoms with Crippen LogP contribution in [0, 0.1) is 0 Å². The molecule has 252 valence electrons. The second kappa shape index (κ2) is 14.5. The molecule has 5 nitrogen and oxygen atoms in total. The van der Waals surface area contributed by atoms with Crippen LogP contribution in [0.25, 0.3) is 0 Å². The van der Waals surface area contributed by atoms with Crippen LogP contribution in [0.4, 0.5) is 11.4 Å². The van der Waals surface area contributed by atoms with Gasteiger partial charge in [0.15, 0.2) is 0 Å². The van der Waals surface area contributed by atoms with Crippen LogP contribution in [0.3, 0.4) is 0 Å². The zero-order valence-electron chi connectivity index (χ0n) is 29.8. The molecule has 5 heteroatoms. The van der Waals surface area contributed by atoms with Crippen molar-refractivity contribution in [1.82, 2.24) is 0 Å². The van der Waals surface area contributed by atoms with E-state index in [0.717, 1.165) is 24.3 Å². The monoisotopic (exact) mass is 652 g/mol. The van der Waals surface area contributed by atoms with Gasteiger partial charge in [0.25, 0.3) is 11.8 Å². The molecule has 2 amide bonds. The molecule has 2 N–H and O–H groups in total. The van der Waals surface area contributed by atoms with Crippen LogP contribution in [0.1, 0.15) is 98.7 Å². The molecule has 0 heterocycles. The quantitative estimate of drug-likeness (QED) is 0.149. The van der Waals surface area contributed by atoms with Gasteiger partial charge in [-0.1, -0.05) is 103 Å². The molecule has 0 unspecified atom stereocenters. The van der Waals surface area contributed by atoms with Crippen molar-refractivity contribution in [1.29, 1.82) is 0 Å². The van der Waals surface area contributed by atoms with Gasteiger partial charge in [-0.05, 0) is 119 Å². The van der Waals surface area contributed by atoms with Crippen molar-refractivity contribution in [2.75, 3.05) is 10.6 Å². The second-order valence-corrected chi connectivity index (χ2v) is 15.1. The van der Waals surface area contributed by atoms with Crippen LogP contribution in [0.2, 0.25) is 0 Å². The maximum atomic E-state index is 13.0. The summed E-state index contributed by atoms with van der Waals surface area (Å²) in [5, 5.41) is 6.02. The Labute approximate surface area is 291 Å². The van der Waals surface area contributed by atoms with Crippen molar-refractivity contribution in [3.05, 3.63) is 155 Å². The van der Waals surface area contributed by atoms with Crippen molar-refractivity contribution in [2.24, 2.45) is 0 Å². The predicted octanol–water partition coefficient (Wildman–Crippen LogP) is 11.3. The first-order valence-corrected chi connectivity index (χ1v) is 17.0. The molecule has 0 aliphatic carbocycles. The van der Waals surface area contributed by atoms with Gasteiger partial charge in [0.1, 0.15) is 11.5 Å². The molecule has 5 aromatic carbocycles. The normalized spacial score (nSPS) is 11.9. The summed E-state index contributed by atoms with van der Waals surface area (Å²) in [7, 11) is 0. The first kappa shape index (κ1) is 35.2. The lowest BCUT2D eigenvalue weighted by Gasteiger charge is -2.32. The van der Waals surface area contributed by atoms with E-state index < -0.39 is 0 Å². The fourth-order valence-electron chi connectivity index (χ4n) is 5.75. The molecule has 5 rings (SSSR count). The van der Waals surface area contributed by atoms with Crippen molar-refractivity contribution in [3.63, 3.8) is 0 Å². The lowest BCUT2D eigenvalue weighted by Crippen LogP contribution is -2.24. The average Bonchev–Trinajstić information content (AvgIpc) is 3.09. The number of hydrogen-bond acceptors (Lipinski definition) is 3. The topological polar surface area (TPSA) is 67.4 Å². The molecule has 49 heavy (non-hydrogen) atoms. The summed E-state index contributed by atoms with van der Waals surface area (Å²) < 4.78 is 5.85. The molecule has 0 fully saturated rings. The molecular weight excluding hydrogens is 604 g/mol. The summed E-state index contributed by atoms with van der Waals surface area (Å²) in [4.78, 5) is 25.9. The van der Waals surface area contributed by atoms with Crippen LogP contribution >= 0.6 is 0 Å². The van der Waals surface area contributed by atoms with Crippen LogP contribution in [0.15, 0.2) is 127 Å². The Morgan fingerprint density at radius 1 is 0.469 bits per heavy atom. The van der Waals surface area contributed by atoms with E-state index in [0.29, 0.717) is 22.6 Å². The number of amides is 2. The maximum absolute atomic E-state index is 13.0. The van der Waals surface area contributed by atoms with Gasteiger partial charge in [-0.15, -0.1) is 0 Å². The Balaban J connectivity index is 1.13. The van der Waals surface area contributed by atoms with Crippen LogP contribution in [0.5, 0.6) is 11.5 Å². The maximum Gasteiger partial charge on any atom is 0.255 e. The minimum Gasteiger partial charge on any atom is -0.457 e. The SMILES string of the molecule is CC(C)(C)c1ccc(C(=O)Nc2ccc(C(C)(C)CCC(C)(C)c3ccc(C(=O)Nc4ccc(Oc5ccccc5)cc4)cc3)cc2)cc1. The van der Waals surface area contributed by atoms with Gasteiger partial charge in [-0.2, -0.15) is 0 Å². The van der Waals surface area contributed by atoms with E-state index in [2.05, 4.69) is 83.4 Å². The number of carbonyl (C=O) groups is 2. The summed E-state index contributed by atoms with van der Waals surface area (Å²) in [6, 6.07) is 40.9. The van der Waals surface area contributed by atoms with Crippen molar-refractivity contribution < 1.29 is 14.3 Å². The second-order valence-electron chi connectivity index (χ2n) is 15.1. The minimum atomic E-state index is -0.153. The van der Waals surface area contributed by atoms with Crippen LogP contribution in [-0.2, 0) is 16.2 Å². The molecule has 0 saturated heterocycles. The lowest BCUT2D eigenvalue weighted by atomic mass is 9.73. The Morgan fingerprint density at radius 3 is 1.27 bits per heavy atom. The highest BCUT2D eigenvalue weighted by atomic mass is 16.5. The molecule has 0 aliphatic rings.